The highest BCUT2D eigenvalue weighted by molar-refractivity contribution is 6.10. The predicted octanol–water partition coefficient (Wildman–Crippen LogP) is 4.10. The minimum Gasteiger partial charge on any atom is -0.507 e. The molecular formula is C21H22O6. The molecule has 142 valence electrons. The van der Waals surface area contributed by atoms with Crippen molar-refractivity contribution < 1.29 is 29.6 Å². The van der Waals surface area contributed by atoms with Crippen molar-refractivity contribution in [3.63, 3.8) is 0 Å². The lowest BCUT2D eigenvalue weighted by Crippen LogP contribution is -2.11. The molecule has 27 heavy (non-hydrogen) atoms. The van der Waals surface area contributed by atoms with Crippen molar-refractivity contribution in [2.45, 2.75) is 33.8 Å². The van der Waals surface area contributed by atoms with Crippen molar-refractivity contribution >= 4 is 17.8 Å². The van der Waals surface area contributed by atoms with Crippen LogP contribution in [0, 0.1) is 13.8 Å². The Labute approximate surface area is 157 Å². The molecule has 0 fully saturated rings. The number of rotatable bonds is 6. The van der Waals surface area contributed by atoms with Crippen LogP contribution in [0.1, 0.15) is 51.3 Å². The van der Waals surface area contributed by atoms with Crippen molar-refractivity contribution in [3.8, 4) is 17.2 Å². The quantitative estimate of drug-likeness (QED) is 0.522. The molecule has 6 heteroatoms. The molecule has 0 aliphatic rings. The van der Waals surface area contributed by atoms with E-state index in [0.29, 0.717) is 11.1 Å². The Morgan fingerprint density at radius 1 is 1.00 bits per heavy atom. The predicted molar refractivity (Wildman–Crippen MR) is 102 cm³/mol. The Hall–Kier alpha value is -3.28. The van der Waals surface area contributed by atoms with E-state index in [9.17, 15) is 24.9 Å². The van der Waals surface area contributed by atoms with E-state index in [4.69, 9.17) is 4.74 Å². The van der Waals surface area contributed by atoms with Gasteiger partial charge >= 0.3 is 5.97 Å². The molecule has 0 aliphatic heterocycles. The van der Waals surface area contributed by atoms with Crippen LogP contribution >= 0.6 is 0 Å². The third kappa shape index (κ3) is 4.47. The lowest BCUT2D eigenvalue weighted by Gasteiger charge is -2.15. The van der Waals surface area contributed by atoms with Gasteiger partial charge in [-0.15, -0.1) is 0 Å². The van der Waals surface area contributed by atoms with Crippen LogP contribution in [-0.4, -0.2) is 33.2 Å². The molecule has 0 saturated heterocycles. The fourth-order valence-corrected chi connectivity index (χ4v) is 2.64. The van der Waals surface area contributed by atoms with E-state index in [1.54, 1.807) is 45.9 Å². The normalized spacial score (nSPS) is 11.1. The van der Waals surface area contributed by atoms with Crippen molar-refractivity contribution in [1.29, 1.82) is 0 Å². The summed E-state index contributed by atoms with van der Waals surface area (Å²) in [5.41, 5.74) is 1.81. The molecule has 0 aliphatic carbocycles. The molecular weight excluding hydrogens is 348 g/mol. The first-order chi connectivity index (χ1) is 12.6. The number of ether oxygens (including phenoxy) is 1. The number of carbonyl (C=O) groups excluding carboxylic acids is 1. The fraction of sp³-hybridized carbons (Fsp3) is 0.238. The van der Waals surface area contributed by atoms with Gasteiger partial charge in [0.25, 0.3) is 0 Å². The third-order valence-electron chi connectivity index (χ3n) is 3.92. The second-order valence-electron chi connectivity index (χ2n) is 6.51. The summed E-state index contributed by atoms with van der Waals surface area (Å²) in [4.78, 5) is 23.8. The van der Waals surface area contributed by atoms with Crippen LogP contribution in [0.2, 0.25) is 0 Å². The number of carbonyl (C=O) groups is 2. The van der Waals surface area contributed by atoms with Gasteiger partial charge in [-0.3, -0.25) is 4.79 Å². The maximum absolute atomic E-state index is 12.5. The number of carboxylic acid groups (broad SMARTS) is 1. The highest BCUT2D eigenvalue weighted by Crippen LogP contribution is 2.35. The Kier molecular flexibility index (Phi) is 5.90. The van der Waals surface area contributed by atoms with Gasteiger partial charge in [0.2, 0.25) is 0 Å². The fourth-order valence-electron chi connectivity index (χ4n) is 2.64. The van der Waals surface area contributed by atoms with Gasteiger partial charge in [0.15, 0.2) is 17.3 Å². The van der Waals surface area contributed by atoms with E-state index in [0.717, 1.165) is 5.56 Å². The minimum absolute atomic E-state index is 0.0564. The average Bonchev–Trinajstić information content (AvgIpc) is 2.58. The standard InChI is InChI=1S/C21H22O6/c1-11(2)27-20-16(21(25)26)7-6-15(19(20)24)17(22)8-5-14-9-12(3)18(23)13(4)10-14/h5-11,23-24H,1-4H3,(H,25,26)/b8-5+. The highest BCUT2D eigenvalue weighted by Gasteiger charge is 2.22. The Balaban J connectivity index is 2.40. The lowest BCUT2D eigenvalue weighted by molar-refractivity contribution is 0.0688. The third-order valence-corrected chi connectivity index (χ3v) is 3.92. The summed E-state index contributed by atoms with van der Waals surface area (Å²) in [6, 6.07) is 5.95. The number of aromatic hydroxyl groups is 2. The van der Waals surface area contributed by atoms with E-state index in [1.165, 1.54) is 18.2 Å². The summed E-state index contributed by atoms with van der Waals surface area (Å²) in [7, 11) is 0. The first-order valence-electron chi connectivity index (χ1n) is 8.40. The highest BCUT2D eigenvalue weighted by atomic mass is 16.5. The van der Waals surface area contributed by atoms with Crippen molar-refractivity contribution in [2.75, 3.05) is 0 Å². The second-order valence-corrected chi connectivity index (χ2v) is 6.51. The summed E-state index contributed by atoms with van der Waals surface area (Å²) in [6.45, 7) is 6.89. The Morgan fingerprint density at radius 2 is 1.56 bits per heavy atom. The molecule has 6 nitrogen and oxygen atoms in total. The molecule has 2 aromatic rings. The van der Waals surface area contributed by atoms with Gasteiger partial charge in [0.05, 0.1) is 11.7 Å². The molecule has 0 aromatic heterocycles. The maximum atomic E-state index is 12.5. The summed E-state index contributed by atoms with van der Waals surface area (Å²) in [5.74, 6) is -2.28. The summed E-state index contributed by atoms with van der Waals surface area (Å²) < 4.78 is 5.40. The number of aryl methyl sites for hydroxylation is 2. The van der Waals surface area contributed by atoms with Crippen molar-refractivity contribution in [2.24, 2.45) is 0 Å². The van der Waals surface area contributed by atoms with Crippen LogP contribution in [0.4, 0.5) is 0 Å². The van der Waals surface area contributed by atoms with E-state index in [-0.39, 0.29) is 28.7 Å². The summed E-state index contributed by atoms with van der Waals surface area (Å²) in [5, 5.41) is 29.4. The Morgan fingerprint density at radius 3 is 2.07 bits per heavy atom. The van der Waals surface area contributed by atoms with Crippen LogP contribution in [-0.2, 0) is 0 Å². The Bertz CT molecular complexity index is 902. The molecule has 0 spiro atoms. The van der Waals surface area contributed by atoms with Crippen LogP contribution in [0.15, 0.2) is 30.3 Å². The maximum Gasteiger partial charge on any atom is 0.339 e. The number of phenols is 2. The summed E-state index contributed by atoms with van der Waals surface area (Å²) >= 11 is 0. The molecule has 2 rings (SSSR count). The van der Waals surface area contributed by atoms with Crippen LogP contribution in [0.25, 0.3) is 6.08 Å². The molecule has 2 aromatic carbocycles. The van der Waals surface area contributed by atoms with Crippen molar-refractivity contribution in [3.05, 3.63) is 58.2 Å². The molecule has 0 amide bonds. The van der Waals surface area contributed by atoms with Crippen LogP contribution in [0.5, 0.6) is 17.2 Å². The van der Waals surface area contributed by atoms with Gasteiger partial charge in [-0.2, -0.15) is 0 Å². The number of allylic oxidation sites excluding steroid dienone is 1. The SMILES string of the molecule is Cc1cc(/C=C/C(=O)c2ccc(C(=O)O)c(OC(C)C)c2O)cc(C)c1O. The lowest BCUT2D eigenvalue weighted by atomic mass is 10.0. The molecule has 0 heterocycles. The first-order valence-corrected chi connectivity index (χ1v) is 8.40. The molecule has 0 radical (unpaired) electrons. The molecule has 0 atom stereocenters. The molecule has 0 unspecified atom stereocenters. The number of benzene rings is 2. The van der Waals surface area contributed by atoms with Crippen LogP contribution in [0.3, 0.4) is 0 Å². The van der Waals surface area contributed by atoms with Gasteiger partial charge in [0, 0.05) is 0 Å². The zero-order valence-electron chi connectivity index (χ0n) is 15.6. The van der Waals surface area contributed by atoms with Crippen LogP contribution < -0.4 is 4.74 Å². The first kappa shape index (κ1) is 20.0. The molecule has 0 bridgehead atoms. The zero-order valence-corrected chi connectivity index (χ0v) is 15.6. The van der Waals surface area contributed by atoms with Gasteiger partial charge in [0.1, 0.15) is 11.3 Å². The topological polar surface area (TPSA) is 104 Å². The number of ketones is 1. The molecule has 0 saturated carbocycles. The van der Waals surface area contributed by atoms with Gasteiger partial charge in [-0.1, -0.05) is 6.08 Å². The second kappa shape index (κ2) is 7.95. The van der Waals surface area contributed by atoms with Crippen molar-refractivity contribution in [1.82, 2.24) is 0 Å². The number of hydrogen-bond donors (Lipinski definition) is 3. The van der Waals surface area contributed by atoms with E-state index < -0.39 is 17.5 Å². The zero-order chi connectivity index (χ0) is 20.3. The number of aromatic carboxylic acids is 1. The molecule has 3 N–H and O–H groups in total. The van der Waals surface area contributed by atoms with E-state index in [1.807, 2.05) is 0 Å². The monoisotopic (exact) mass is 370 g/mol. The smallest absolute Gasteiger partial charge is 0.339 e. The number of hydrogen-bond acceptors (Lipinski definition) is 5. The average molecular weight is 370 g/mol. The summed E-state index contributed by atoms with van der Waals surface area (Å²) in [6.07, 6.45) is 2.47. The van der Waals surface area contributed by atoms with Gasteiger partial charge < -0.3 is 20.1 Å². The van der Waals surface area contributed by atoms with E-state index in [2.05, 4.69) is 0 Å². The van der Waals surface area contributed by atoms with Gasteiger partial charge in [-0.25, -0.2) is 4.79 Å². The van der Waals surface area contributed by atoms with Gasteiger partial charge in [-0.05, 0) is 74.7 Å². The minimum atomic E-state index is -1.26. The van der Waals surface area contributed by atoms with E-state index >= 15 is 0 Å². The number of carboxylic acids is 1. The number of phenolic OH excluding ortho intramolecular Hbond substituents is 2. The largest absolute Gasteiger partial charge is 0.507 e.